The molecule has 1 fully saturated rings. The van der Waals surface area contributed by atoms with Gasteiger partial charge in [0.25, 0.3) is 0 Å². The Kier molecular flexibility index (Phi) is 7.22. The first kappa shape index (κ1) is 16.3. The lowest BCUT2D eigenvalue weighted by atomic mass is 9.99. The first-order valence-electron chi connectivity index (χ1n) is 7.37. The Bertz CT molecular complexity index is 361. The van der Waals surface area contributed by atoms with E-state index < -0.39 is 0 Å². The smallest absolute Gasteiger partial charge is 0.131 e. The van der Waals surface area contributed by atoms with Gasteiger partial charge in [-0.15, -0.1) is 0 Å². The Balaban J connectivity index is 2.59. The van der Waals surface area contributed by atoms with Crippen molar-refractivity contribution in [2.45, 2.75) is 53.4 Å². The van der Waals surface area contributed by atoms with Crippen molar-refractivity contribution in [2.24, 2.45) is 10.9 Å². The topological polar surface area (TPSA) is 15.6 Å². The third-order valence-corrected chi connectivity index (χ3v) is 3.82. The molecule has 0 aromatic carbocycles. The third kappa shape index (κ3) is 6.29. The van der Waals surface area contributed by atoms with Crippen LogP contribution in [0.2, 0.25) is 0 Å². The molecule has 0 amide bonds. The van der Waals surface area contributed by atoms with E-state index in [1.54, 1.807) is 0 Å². The molecule has 1 rings (SSSR count). The largest absolute Gasteiger partial charge is 0.375 e. The minimum Gasteiger partial charge on any atom is -0.375 e. The van der Waals surface area contributed by atoms with E-state index in [9.17, 15) is 0 Å². The molecule has 1 saturated heterocycles. The third-order valence-electron chi connectivity index (χ3n) is 3.62. The van der Waals surface area contributed by atoms with E-state index in [1.165, 1.54) is 18.5 Å². The molecule has 0 aromatic heterocycles. The summed E-state index contributed by atoms with van der Waals surface area (Å²) < 4.78 is 0. The summed E-state index contributed by atoms with van der Waals surface area (Å²) in [6, 6.07) is 0. The van der Waals surface area contributed by atoms with Gasteiger partial charge in [0, 0.05) is 24.5 Å². The van der Waals surface area contributed by atoms with Gasteiger partial charge in [-0.2, -0.15) is 0 Å². The summed E-state index contributed by atoms with van der Waals surface area (Å²) in [5.41, 5.74) is 2.23. The second-order valence-corrected chi connectivity index (χ2v) is 5.91. The zero-order valence-electron chi connectivity index (χ0n) is 12.7. The minimum absolute atomic E-state index is 0.584. The molecule has 0 radical (unpaired) electrons. The van der Waals surface area contributed by atoms with Gasteiger partial charge in [0.05, 0.1) is 0 Å². The predicted molar refractivity (Wildman–Crippen MR) is 85.7 cm³/mol. The van der Waals surface area contributed by atoms with Crippen LogP contribution in [-0.2, 0) is 0 Å². The maximum atomic E-state index is 6.20. The highest BCUT2D eigenvalue weighted by Gasteiger charge is 2.15. The normalized spacial score (nSPS) is 20.1. The first-order valence-corrected chi connectivity index (χ1v) is 7.75. The van der Waals surface area contributed by atoms with Crippen LogP contribution in [-0.4, -0.2) is 23.2 Å². The summed E-state index contributed by atoms with van der Waals surface area (Å²) in [4.78, 5) is 6.81. The number of rotatable bonds is 5. The standard InChI is InChI=1S/C16H27ClN2/c1-5-6-7-14(3)18-16(17)12-15(4)19-10-8-13(2)9-11-19/h7,12-13H,5-6,8-11H2,1-4H3/b14-7+,15-12+,18-16+. The quantitative estimate of drug-likeness (QED) is 0.651. The number of allylic oxidation sites excluding steroid dienone is 4. The molecule has 1 heterocycles. The fourth-order valence-corrected chi connectivity index (χ4v) is 2.52. The molecule has 19 heavy (non-hydrogen) atoms. The highest BCUT2D eigenvalue weighted by Crippen LogP contribution is 2.19. The maximum Gasteiger partial charge on any atom is 0.131 e. The Morgan fingerprint density at radius 3 is 2.53 bits per heavy atom. The van der Waals surface area contributed by atoms with Crippen LogP contribution in [0.4, 0.5) is 0 Å². The van der Waals surface area contributed by atoms with E-state index in [0.29, 0.717) is 5.17 Å². The lowest BCUT2D eigenvalue weighted by molar-refractivity contribution is 0.238. The first-order chi connectivity index (χ1) is 9.02. The van der Waals surface area contributed by atoms with E-state index in [2.05, 4.69) is 36.7 Å². The van der Waals surface area contributed by atoms with Crippen LogP contribution < -0.4 is 0 Å². The van der Waals surface area contributed by atoms with Crippen LogP contribution in [0.5, 0.6) is 0 Å². The number of hydrogen-bond acceptors (Lipinski definition) is 2. The van der Waals surface area contributed by atoms with Gasteiger partial charge in [0.15, 0.2) is 0 Å². The molecule has 0 spiro atoms. The van der Waals surface area contributed by atoms with Gasteiger partial charge < -0.3 is 4.90 Å². The number of nitrogens with zero attached hydrogens (tertiary/aromatic N) is 2. The predicted octanol–water partition coefficient (Wildman–Crippen LogP) is 4.96. The average molecular weight is 283 g/mol. The Labute approximate surface area is 123 Å². The minimum atomic E-state index is 0.584. The molecular formula is C16H27ClN2. The molecule has 0 aromatic rings. The highest BCUT2D eigenvalue weighted by molar-refractivity contribution is 6.68. The van der Waals surface area contributed by atoms with E-state index in [0.717, 1.165) is 37.5 Å². The number of aliphatic imine (C=N–C) groups is 1. The van der Waals surface area contributed by atoms with Gasteiger partial charge in [-0.1, -0.05) is 37.9 Å². The molecule has 0 saturated carbocycles. The zero-order valence-corrected chi connectivity index (χ0v) is 13.5. The molecule has 0 atom stereocenters. The lowest BCUT2D eigenvalue weighted by Crippen LogP contribution is -2.31. The molecule has 108 valence electrons. The summed E-state index contributed by atoms with van der Waals surface area (Å²) in [7, 11) is 0. The Morgan fingerprint density at radius 2 is 1.95 bits per heavy atom. The summed E-state index contributed by atoms with van der Waals surface area (Å²) in [5, 5.41) is 0.584. The average Bonchev–Trinajstić information content (AvgIpc) is 2.36. The van der Waals surface area contributed by atoms with Gasteiger partial charge in [0.1, 0.15) is 5.17 Å². The molecular weight excluding hydrogens is 256 g/mol. The van der Waals surface area contributed by atoms with Gasteiger partial charge in [-0.05, 0) is 45.1 Å². The molecule has 0 bridgehead atoms. The lowest BCUT2D eigenvalue weighted by Gasteiger charge is -2.32. The van der Waals surface area contributed by atoms with Crippen molar-refractivity contribution < 1.29 is 0 Å². The van der Waals surface area contributed by atoms with Crippen molar-refractivity contribution in [1.82, 2.24) is 4.90 Å². The fourth-order valence-electron chi connectivity index (χ4n) is 2.22. The number of piperidine rings is 1. The van der Waals surface area contributed by atoms with Crippen molar-refractivity contribution in [2.75, 3.05) is 13.1 Å². The van der Waals surface area contributed by atoms with Gasteiger partial charge in [0.2, 0.25) is 0 Å². The monoisotopic (exact) mass is 282 g/mol. The highest BCUT2D eigenvalue weighted by atomic mass is 35.5. The fraction of sp³-hybridized carbons (Fsp3) is 0.688. The summed E-state index contributed by atoms with van der Waals surface area (Å²) in [6.07, 6.45) is 8.87. The second-order valence-electron chi connectivity index (χ2n) is 5.52. The molecule has 0 N–H and O–H groups in total. The zero-order chi connectivity index (χ0) is 14.3. The molecule has 0 unspecified atom stereocenters. The van der Waals surface area contributed by atoms with Crippen LogP contribution in [0.25, 0.3) is 0 Å². The second kappa shape index (κ2) is 8.42. The van der Waals surface area contributed by atoms with Crippen LogP contribution >= 0.6 is 11.6 Å². The SMILES string of the molecule is CCC/C=C(C)/N=C(Cl)\C=C(/C)N1CCC(C)CC1. The van der Waals surface area contributed by atoms with Crippen molar-refractivity contribution in [3.63, 3.8) is 0 Å². The van der Waals surface area contributed by atoms with Crippen molar-refractivity contribution in [3.8, 4) is 0 Å². The van der Waals surface area contributed by atoms with Crippen LogP contribution in [0.15, 0.2) is 28.5 Å². The van der Waals surface area contributed by atoms with Crippen molar-refractivity contribution in [3.05, 3.63) is 23.5 Å². The van der Waals surface area contributed by atoms with Crippen LogP contribution in [0, 0.1) is 5.92 Å². The number of unbranched alkanes of at least 4 members (excludes halogenated alkanes) is 1. The number of hydrogen-bond donors (Lipinski definition) is 0. The molecule has 3 heteroatoms. The molecule has 1 aliphatic rings. The molecule has 2 nitrogen and oxygen atoms in total. The van der Waals surface area contributed by atoms with Crippen LogP contribution in [0.3, 0.4) is 0 Å². The van der Waals surface area contributed by atoms with Crippen molar-refractivity contribution >= 4 is 16.8 Å². The Hall–Kier alpha value is -0.760. The van der Waals surface area contributed by atoms with E-state index in [4.69, 9.17) is 11.6 Å². The van der Waals surface area contributed by atoms with Gasteiger partial charge in [-0.3, -0.25) is 0 Å². The van der Waals surface area contributed by atoms with Gasteiger partial charge in [-0.25, -0.2) is 4.99 Å². The summed E-state index contributed by atoms with van der Waals surface area (Å²) >= 11 is 6.20. The molecule has 0 aliphatic carbocycles. The summed E-state index contributed by atoms with van der Waals surface area (Å²) in [6.45, 7) is 10.9. The van der Waals surface area contributed by atoms with Crippen LogP contribution in [0.1, 0.15) is 53.4 Å². The van der Waals surface area contributed by atoms with Crippen molar-refractivity contribution in [1.29, 1.82) is 0 Å². The summed E-state index contributed by atoms with van der Waals surface area (Å²) in [5.74, 6) is 0.854. The van der Waals surface area contributed by atoms with Gasteiger partial charge >= 0.3 is 0 Å². The number of halogens is 1. The number of likely N-dealkylation sites (tertiary alicyclic amines) is 1. The maximum absolute atomic E-state index is 6.20. The van der Waals surface area contributed by atoms with E-state index in [-0.39, 0.29) is 0 Å². The Morgan fingerprint density at radius 1 is 1.32 bits per heavy atom. The van der Waals surface area contributed by atoms with E-state index >= 15 is 0 Å². The molecule has 1 aliphatic heterocycles. The van der Waals surface area contributed by atoms with E-state index in [1.807, 2.05) is 13.0 Å².